The molecule has 2 heterocycles. The third-order valence-electron chi connectivity index (χ3n) is 10.2. The summed E-state index contributed by atoms with van der Waals surface area (Å²) in [6.07, 6.45) is 7.57. The number of hydrogen-bond acceptors (Lipinski definition) is 3. The van der Waals surface area contributed by atoms with E-state index in [1.165, 1.54) is 23.3 Å². The Hall–Kier alpha value is -6.36. The first kappa shape index (κ1) is 48.7. The van der Waals surface area contributed by atoms with Crippen molar-refractivity contribution in [3.63, 3.8) is 0 Å². The molecule has 8 aromatic rings. The lowest BCUT2D eigenvalue weighted by molar-refractivity contribution is -0.687. The number of pyridine rings is 2. The van der Waals surface area contributed by atoms with Gasteiger partial charge in [0.2, 0.25) is 0 Å². The van der Waals surface area contributed by atoms with E-state index in [9.17, 15) is 27.2 Å². The largest absolute Gasteiger partial charge is 1.00 e. The summed E-state index contributed by atoms with van der Waals surface area (Å²) in [6.45, 7) is 4.82. The number of alkyl halides is 1. The standard InChI is InChI=1S/C27H22F2NO.C20H15F2NO.C7H7Br.BrH/c1-19-14-15-30(17-21-6-3-2-4-7-21)18-23(19)22-12-10-20(11-13-22)16-26(31)27-24(28)8-5-9-25(27)29;1-13-9-10-23-12-16(13)15-7-5-14(6-8-15)11-19(24)20-17(21)3-2-4-18(20)22;8-6-7-4-2-1-3-5-7;/h2-15,18H,16-17H2,1H3;2-10,12H,11H2,1H3;1-5H,6H2;1H/q+1;;;/p-1. The summed E-state index contributed by atoms with van der Waals surface area (Å²) < 4.78 is 57.2. The molecule has 0 fully saturated rings. The lowest BCUT2D eigenvalue weighted by atomic mass is 9.98. The molecule has 0 unspecified atom stereocenters. The van der Waals surface area contributed by atoms with Gasteiger partial charge in [-0.05, 0) is 83.1 Å². The lowest BCUT2D eigenvalue weighted by Crippen LogP contribution is -3.00. The average Bonchev–Trinajstić information content (AvgIpc) is 3.29. The summed E-state index contributed by atoms with van der Waals surface area (Å²) in [7, 11) is 0. The first-order valence-corrected chi connectivity index (χ1v) is 21.3. The first-order valence-electron chi connectivity index (χ1n) is 20.2. The van der Waals surface area contributed by atoms with Gasteiger partial charge in [0, 0.05) is 53.3 Å². The number of hydrogen-bond donors (Lipinski definition) is 0. The monoisotopic (exact) mass is 986 g/mol. The van der Waals surface area contributed by atoms with Gasteiger partial charge in [-0.15, -0.1) is 0 Å². The van der Waals surface area contributed by atoms with Crippen LogP contribution in [0.15, 0.2) is 183 Å². The summed E-state index contributed by atoms with van der Waals surface area (Å²) in [5, 5.41) is 0.952. The maximum absolute atomic E-state index is 13.9. The molecule has 0 atom stereocenters. The van der Waals surface area contributed by atoms with Crippen LogP contribution in [0.2, 0.25) is 0 Å². The van der Waals surface area contributed by atoms with Crippen LogP contribution in [0.5, 0.6) is 0 Å². The van der Waals surface area contributed by atoms with Crippen LogP contribution in [0.1, 0.15) is 54.1 Å². The number of rotatable bonds is 11. The maximum Gasteiger partial charge on any atom is 0.177 e. The molecule has 324 valence electrons. The minimum Gasteiger partial charge on any atom is -1.00 e. The predicted octanol–water partition coefficient (Wildman–Crippen LogP) is 10.0. The second kappa shape index (κ2) is 23.9. The summed E-state index contributed by atoms with van der Waals surface area (Å²) >= 11 is 3.36. The van der Waals surface area contributed by atoms with E-state index in [-0.39, 0.29) is 29.8 Å². The van der Waals surface area contributed by atoms with Crippen LogP contribution in [0.25, 0.3) is 22.3 Å². The number of nitrogens with zero attached hydrogens (tertiary/aromatic N) is 2. The van der Waals surface area contributed by atoms with E-state index >= 15 is 0 Å². The molecular weight excluding hydrogens is 944 g/mol. The molecule has 0 radical (unpaired) electrons. The number of Topliss-reactive ketones (excluding diaryl/α,β-unsaturated/α-hetero) is 2. The second-order valence-electron chi connectivity index (χ2n) is 14.8. The van der Waals surface area contributed by atoms with Gasteiger partial charge in [0.25, 0.3) is 0 Å². The van der Waals surface area contributed by atoms with Gasteiger partial charge in [-0.25, -0.2) is 22.1 Å². The Bertz CT molecular complexity index is 2750. The first-order chi connectivity index (χ1) is 30.5. The minimum absolute atomic E-state index is 0. The normalized spacial score (nSPS) is 10.4. The third-order valence-corrected chi connectivity index (χ3v) is 10.9. The van der Waals surface area contributed by atoms with Crippen LogP contribution in [0, 0.1) is 37.1 Å². The van der Waals surface area contributed by atoms with Crippen molar-refractivity contribution in [1.29, 1.82) is 0 Å². The zero-order chi connectivity index (χ0) is 44.7. The molecule has 6 aromatic carbocycles. The molecule has 0 saturated carbocycles. The van der Waals surface area contributed by atoms with Gasteiger partial charge in [0.1, 0.15) is 23.3 Å². The van der Waals surface area contributed by atoms with E-state index in [0.717, 1.165) is 69.5 Å². The van der Waals surface area contributed by atoms with Crippen molar-refractivity contribution in [3.8, 4) is 22.3 Å². The Labute approximate surface area is 390 Å². The fraction of sp³-hybridized carbons (Fsp3) is 0.111. The number of halogens is 6. The summed E-state index contributed by atoms with van der Waals surface area (Å²) in [4.78, 5) is 28.7. The number of aryl methyl sites for hydroxylation is 2. The van der Waals surface area contributed by atoms with Crippen molar-refractivity contribution >= 4 is 27.5 Å². The van der Waals surface area contributed by atoms with E-state index in [1.54, 1.807) is 24.5 Å². The van der Waals surface area contributed by atoms with E-state index in [4.69, 9.17) is 0 Å². The van der Waals surface area contributed by atoms with E-state index < -0.39 is 46.0 Å². The highest BCUT2D eigenvalue weighted by molar-refractivity contribution is 9.08. The summed E-state index contributed by atoms with van der Waals surface area (Å²) in [5.41, 5.74) is 9.34. The third kappa shape index (κ3) is 13.3. The Kier molecular flexibility index (Phi) is 18.2. The Morgan fingerprint density at radius 1 is 0.516 bits per heavy atom. The Balaban J connectivity index is 0.000000207. The molecule has 8 rings (SSSR count). The molecule has 0 saturated heterocycles. The van der Waals surface area contributed by atoms with Crippen molar-refractivity contribution in [2.45, 2.75) is 38.6 Å². The van der Waals surface area contributed by atoms with Gasteiger partial charge in [-0.1, -0.05) is 137 Å². The zero-order valence-corrected chi connectivity index (χ0v) is 38.3. The van der Waals surface area contributed by atoms with Gasteiger partial charge < -0.3 is 17.0 Å². The molecule has 0 aliphatic carbocycles. The molecular formula is C54H44Br2F4N2O2. The molecule has 64 heavy (non-hydrogen) atoms. The minimum atomic E-state index is -0.831. The highest BCUT2D eigenvalue weighted by Gasteiger charge is 2.19. The van der Waals surface area contributed by atoms with E-state index in [0.29, 0.717) is 11.1 Å². The van der Waals surface area contributed by atoms with Crippen molar-refractivity contribution in [2.75, 3.05) is 0 Å². The maximum atomic E-state index is 13.9. The number of benzene rings is 6. The zero-order valence-electron chi connectivity index (χ0n) is 35.1. The quantitative estimate of drug-likeness (QED) is 0.0562. The van der Waals surface area contributed by atoms with E-state index in [1.807, 2.05) is 85.8 Å². The molecule has 0 aliphatic rings. The summed E-state index contributed by atoms with van der Waals surface area (Å²) in [5.74, 6) is -4.46. The average molecular weight is 989 g/mol. The van der Waals surface area contributed by atoms with Gasteiger partial charge in [0.05, 0.1) is 11.1 Å². The van der Waals surface area contributed by atoms with Gasteiger partial charge in [-0.3, -0.25) is 14.6 Å². The fourth-order valence-electron chi connectivity index (χ4n) is 6.82. The van der Waals surface area contributed by atoms with Crippen LogP contribution in [0.3, 0.4) is 0 Å². The Morgan fingerprint density at radius 2 is 0.953 bits per heavy atom. The van der Waals surface area contributed by atoms with Crippen molar-refractivity contribution < 1.29 is 48.7 Å². The van der Waals surface area contributed by atoms with Crippen LogP contribution in [0.4, 0.5) is 17.6 Å². The van der Waals surface area contributed by atoms with Crippen molar-refractivity contribution in [2.24, 2.45) is 0 Å². The Morgan fingerprint density at radius 3 is 1.39 bits per heavy atom. The SMILES string of the molecule is BrCc1ccccc1.Cc1cc[n+](Cc2ccccc2)cc1-c1ccc(CC(=O)c2c(F)cccc2F)cc1.Cc1ccncc1-c1ccc(CC(=O)c2c(F)cccc2F)cc1.[Br-]. The smallest absolute Gasteiger partial charge is 0.177 e. The summed E-state index contributed by atoms with van der Waals surface area (Å²) in [6, 6.07) is 46.3. The topological polar surface area (TPSA) is 50.9 Å². The molecule has 0 spiro atoms. The van der Waals surface area contributed by atoms with Gasteiger partial charge in [0.15, 0.2) is 30.5 Å². The van der Waals surface area contributed by atoms with Crippen LogP contribution >= 0.6 is 15.9 Å². The number of carbonyl (C=O) groups is 2. The lowest BCUT2D eigenvalue weighted by Gasteiger charge is -2.08. The van der Waals surface area contributed by atoms with Crippen LogP contribution in [-0.4, -0.2) is 16.6 Å². The number of aromatic nitrogens is 2. The van der Waals surface area contributed by atoms with Crippen LogP contribution < -0.4 is 21.5 Å². The molecule has 10 heteroatoms. The van der Waals surface area contributed by atoms with Crippen molar-refractivity contribution in [3.05, 3.63) is 250 Å². The molecule has 0 N–H and O–H groups in total. The van der Waals surface area contributed by atoms with Gasteiger partial charge >= 0.3 is 0 Å². The van der Waals surface area contributed by atoms with E-state index in [2.05, 4.69) is 75.1 Å². The number of ketones is 2. The molecule has 2 aromatic heterocycles. The second-order valence-corrected chi connectivity index (χ2v) is 15.4. The highest BCUT2D eigenvalue weighted by atomic mass is 79.9. The van der Waals surface area contributed by atoms with Crippen molar-refractivity contribution in [1.82, 2.24) is 4.98 Å². The van der Waals surface area contributed by atoms with Crippen LogP contribution in [-0.2, 0) is 24.7 Å². The molecule has 0 amide bonds. The fourth-order valence-corrected chi connectivity index (χ4v) is 7.19. The molecule has 0 aliphatic heterocycles. The molecule has 4 nitrogen and oxygen atoms in total. The molecule has 0 bridgehead atoms. The number of carbonyl (C=O) groups excluding carboxylic acids is 2. The predicted molar refractivity (Wildman–Crippen MR) is 245 cm³/mol. The highest BCUT2D eigenvalue weighted by Crippen LogP contribution is 2.25. The van der Waals surface area contributed by atoms with Gasteiger partial charge in [-0.2, -0.15) is 0 Å².